The molecule has 1 unspecified atom stereocenters. The van der Waals surface area contributed by atoms with Crippen molar-refractivity contribution in [2.45, 2.75) is 39.2 Å². The number of aromatic nitrogens is 2. The van der Waals surface area contributed by atoms with Gasteiger partial charge >= 0.3 is 0 Å². The molecule has 1 aliphatic heterocycles. The third-order valence-electron chi connectivity index (χ3n) is 3.25. The van der Waals surface area contributed by atoms with Crippen LogP contribution >= 0.6 is 11.6 Å². The normalized spacial score (nSPS) is 21.6. The zero-order chi connectivity index (χ0) is 11.5. The molecule has 1 aromatic rings. The lowest BCUT2D eigenvalue weighted by molar-refractivity contribution is 0.325. The molecule has 1 N–H and O–H groups in total. The van der Waals surface area contributed by atoms with E-state index in [4.69, 9.17) is 11.6 Å². The van der Waals surface area contributed by atoms with Gasteiger partial charge < -0.3 is 5.32 Å². The van der Waals surface area contributed by atoms with Gasteiger partial charge in [0.25, 0.3) is 0 Å². The van der Waals surface area contributed by atoms with Crippen LogP contribution in [0.2, 0.25) is 5.15 Å². The summed E-state index contributed by atoms with van der Waals surface area (Å²) in [7, 11) is 0. The molecule has 0 saturated carbocycles. The lowest BCUT2D eigenvalue weighted by atomic mass is 10.00. The van der Waals surface area contributed by atoms with Crippen LogP contribution in [0.3, 0.4) is 0 Å². The summed E-state index contributed by atoms with van der Waals surface area (Å²) in [4.78, 5) is 0. The molecule has 1 aromatic heterocycles. The highest BCUT2D eigenvalue weighted by Crippen LogP contribution is 2.25. The van der Waals surface area contributed by atoms with Crippen LogP contribution in [0.25, 0.3) is 0 Å². The molecule has 1 aliphatic rings. The van der Waals surface area contributed by atoms with E-state index in [0.29, 0.717) is 11.8 Å². The van der Waals surface area contributed by atoms with E-state index in [1.807, 2.05) is 10.9 Å². The standard InChI is InChI=1S/C12H20ClN3/c1-9(2)11-7-15-16(12(11)13)8-10-4-3-5-14-6-10/h7,9-10,14H,3-6,8H2,1-2H3. The van der Waals surface area contributed by atoms with Gasteiger partial charge in [0.05, 0.1) is 6.20 Å². The predicted octanol–water partition coefficient (Wildman–Crippen LogP) is 2.66. The average Bonchev–Trinajstić information content (AvgIpc) is 2.62. The first-order valence-electron chi connectivity index (χ1n) is 6.10. The monoisotopic (exact) mass is 241 g/mol. The second-order valence-electron chi connectivity index (χ2n) is 4.94. The summed E-state index contributed by atoms with van der Waals surface area (Å²) in [5, 5.41) is 8.63. The van der Waals surface area contributed by atoms with Gasteiger partial charge in [0, 0.05) is 12.1 Å². The van der Waals surface area contributed by atoms with E-state index in [1.165, 1.54) is 12.8 Å². The van der Waals surface area contributed by atoms with Crippen LogP contribution in [0.4, 0.5) is 0 Å². The zero-order valence-corrected chi connectivity index (χ0v) is 10.8. The molecule has 90 valence electrons. The molecule has 0 amide bonds. The van der Waals surface area contributed by atoms with Crippen molar-refractivity contribution in [3.05, 3.63) is 16.9 Å². The highest BCUT2D eigenvalue weighted by atomic mass is 35.5. The van der Waals surface area contributed by atoms with Crippen molar-refractivity contribution in [3.63, 3.8) is 0 Å². The molecule has 2 heterocycles. The van der Waals surface area contributed by atoms with Gasteiger partial charge in [0.15, 0.2) is 0 Å². The summed E-state index contributed by atoms with van der Waals surface area (Å²) >= 11 is 6.32. The number of hydrogen-bond acceptors (Lipinski definition) is 2. The van der Waals surface area contributed by atoms with E-state index in [2.05, 4.69) is 24.3 Å². The number of nitrogens with zero attached hydrogens (tertiary/aromatic N) is 2. The van der Waals surface area contributed by atoms with E-state index in [9.17, 15) is 0 Å². The molecular formula is C12H20ClN3. The summed E-state index contributed by atoms with van der Waals surface area (Å²) in [5.74, 6) is 1.12. The largest absolute Gasteiger partial charge is 0.316 e. The summed E-state index contributed by atoms with van der Waals surface area (Å²) in [6.45, 7) is 7.48. The fourth-order valence-electron chi connectivity index (χ4n) is 2.22. The second kappa shape index (κ2) is 5.19. The minimum atomic E-state index is 0.450. The fraction of sp³-hybridized carbons (Fsp3) is 0.750. The van der Waals surface area contributed by atoms with Crippen LogP contribution < -0.4 is 5.32 Å². The third-order valence-corrected chi connectivity index (χ3v) is 3.67. The molecule has 16 heavy (non-hydrogen) atoms. The maximum Gasteiger partial charge on any atom is 0.130 e. The van der Waals surface area contributed by atoms with Crippen molar-refractivity contribution in [1.82, 2.24) is 15.1 Å². The van der Waals surface area contributed by atoms with E-state index in [-0.39, 0.29) is 0 Å². The first-order chi connectivity index (χ1) is 7.68. The minimum Gasteiger partial charge on any atom is -0.316 e. The van der Waals surface area contributed by atoms with Crippen LogP contribution in [0.15, 0.2) is 6.20 Å². The van der Waals surface area contributed by atoms with E-state index >= 15 is 0 Å². The smallest absolute Gasteiger partial charge is 0.130 e. The third kappa shape index (κ3) is 2.58. The van der Waals surface area contributed by atoms with Gasteiger partial charge in [-0.2, -0.15) is 5.10 Å². The number of nitrogens with one attached hydrogen (secondary N) is 1. The van der Waals surface area contributed by atoms with Crippen molar-refractivity contribution in [2.24, 2.45) is 5.92 Å². The second-order valence-corrected chi connectivity index (χ2v) is 5.30. The minimum absolute atomic E-state index is 0.450. The van der Waals surface area contributed by atoms with Crippen LogP contribution in [-0.2, 0) is 6.54 Å². The molecular weight excluding hydrogens is 222 g/mol. The Kier molecular flexibility index (Phi) is 3.87. The SMILES string of the molecule is CC(C)c1cnn(CC2CCCNC2)c1Cl. The Labute approximate surface area is 102 Å². The Morgan fingerprint density at radius 2 is 2.44 bits per heavy atom. The number of halogens is 1. The molecule has 0 aliphatic carbocycles. The number of piperidine rings is 1. The van der Waals surface area contributed by atoms with Crippen molar-refractivity contribution >= 4 is 11.6 Å². The van der Waals surface area contributed by atoms with Crippen molar-refractivity contribution in [1.29, 1.82) is 0 Å². The molecule has 2 rings (SSSR count). The van der Waals surface area contributed by atoms with E-state index < -0.39 is 0 Å². The van der Waals surface area contributed by atoms with Crippen LogP contribution in [-0.4, -0.2) is 22.9 Å². The lowest BCUT2D eigenvalue weighted by Crippen LogP contribution is -2.32. The Balaban J connectivity index is 2.03. The molecule has 0 aromatic carbocycles. The fourth-order valence-corrected chi connectivity index (χ4v) is 2.60. The quantitative estimate of drug-likeness (QED) is 0.882. The van der Waals surface area contributed by atoms with Gasteiger partial charge in [-0.1, -0.05) is 25.4 Å². The maximum absolute atomic E-state index is 6.32. The molecule has 0 radical (unpaired) electrons. The Morgan fingerprint density at radius 3 is 3.00 bits per heavy atom. The summed E-state index contributed by atoms with van der Waals surface area (Å²) in [5.41, 5.74) is 1.16. The van der Waals surface area contributed by atoms with Crippen molar-refractivity contribution in [3.8, 4) is 0 Å². The molecule has 1 fully saturated rings. The van der Waals surface area contributed by atoms with E-state index in [0.717, 1.165) is 30.4 Å². The summed E-state index contributed by atoms with van der Waals surface area (Å²) in [6.07, 6.45) is 4.45. The predicted molar refractivity (Wildman–Crippen MR) is 66.9 cm³/mol. The number of hydrogen-bond donors (Lipinski definition) is 1. The van der Waals surface area contributed by atoms with Crippen LogP contribution in [0.1, 0.15) is 38.2 Å². The van der Waals surface area contributed by atoms with Gasteiger partial charge in [-0.05, 0) is 37.8 Å². The van der Waals surface area contributed by atoms with Crippen molar-refractivity contribution < 1.29 is 0 Å². The summed E-state index contributed by atoms with van der Waals surface area (Å²) in [6, 6.07) is 0. The van der Waals surface area contributed by atoms with Gasteiger partial charge in [-0.3, -0.25) is 4.68 Å². The van der Waals surface area contributed by atoms with Gasteiger partial charge in [0.2, 0.25) is 0 Å². The maximum atomic E-state index is 6.32. The highest BCUT2D eigenvalue weighted by Gasteiger charge is 2.17. The van der Waals surface area contributed by atoms with Crippen molar-refractivity contribution in [2.75, 3.05) is 13.1 Å². The molecule has 3 nitrogen and oxygen atoms in total. The molecule has 0 bridgehead atoms. The number of rotatable bonds is 3. The molecule has 4 heteroatoms. The van der Waals surface area contributed by atoms with Gasteiger partial charge in [0.1, 0.15) is 5.15 Å². The Bertz CT molecular complexity index is 340. The van der Waals surface area contributed by atoms with Gasteiger partial charge in [-0.25, -0.2) is 0 Å². The molecule has 1 saturated heterocycles. The first-order valence-corrected chi connectivity index (χ1v) is 6.48. The van der Waals surface area contributed by atoms with Gasteiger partial charge in [-0.15, -0.1) is 0 Å². The molecule has 1 atom stereocenters. The topological polar surface area (TPSA) is 29.9 Å². The molecule has 0 spiro atoms. The first kappa shape index (κ1) is 11.9. The van der Waals surface area contributed by atoms with E-state index in [1.54, 1.807) is 0 Å². The Hall–Kier alpha value is -0.540. The van der Waals surface area contributed by atoms with Crippen LogP contribution in [0.5, 0.6) is 0 Å². The zero-order valence-electron chi connectivity index (χ0n) is 10.0. The Morgan fingerprint density at radius 1 is 1.62 bits per heavy atom. The summed E-state index contributed by atoms with van der Waals surface area (Å²) < 4.78 is 1.95. The lowest BCUT2D eigenvalue weighted by Gasteiger charge is -2.22. The average molecular weight is 242 g/mol. The highest BCUT2D eigenvalue weighted by molar-refractivity contribution is 6.30. The van der Waals surface area contributed by atoms with Crippen LogP contribution in [0, 0.1) is 5.92 Å².